The van der Waals surface area contributed by atoms with E-state index in [2.05, 4.69) is 0 Å². The van der Waals surface area contributed by atoms with Crippen LogP contribution in [0.5, 0.6) is 0 Å². The largest absolute Gasteiger partial charge is 0.478 e. The smallest absolute Gasteiger partial charge is 0.335 e. The number of hydrogen-bond donors (Lipinski definition) is 1. The van der Waals surface area contributed by atoms with Crippen molar-refractivity contribution in [3.8, 4) is 0 Å². The Labute approximate surface area is 120 Å². The molecule has 106 valence electrons. The maximum absolute atomic E-state index is 12.8. The van der Waals surface area contributed by atoms with Gasteiger partial charge < -0.3 is 9.52 Å². The summed E-state index contributed by atoms with van der Waals surface area (Å²) in [5.74, 6) is -0.411. The minimum Gasteiger partial charge on any atom is -0.478 e. The number of furan rings is 1. The number of hydrogen-bond acceptors (Lipinski definition) is 2. The van der Waals surface area contributed by atoms with Gasteiger partial charge in [-0.1, -0.05) is 12.1 Å². The minimum atomic E-state index is -0.953. The second-order valence-corrected chi connectivity index (χ2v) is 4.90. The molecule has 0 spiro atoms. The molecule has 1 heterocycles. The summed E-state index contributed by atoms with van der Waals surface area (Å²) >= 11 is 0. The van der Waals surface area contributed by atoms with Crippen LogP contribution in [0.25, 0.3) is 11.0 Å². The number of halogens is 1. The highest BCUT2D eigenvalue weighted by molar-refractivity contribution is 5.93. The molecule has 0 aliphatic heterocycles. The first kappa shape index (κ1) is 13.4. The van der Waals surface area contributed by atoms with Crippen molar-refractivity contribution in [2.75, 3.05) is 0 Å². The van der Waals surface area contributed by atoms with Crippen LogP contribution in [0.2, 0.25) is 0 Å². The fraction of sp³-hybridized carbons (Fsp3) is 0.118. The monoisotopic (exact) mass is 284 g/mol. The molecule has 3 nitrogen and oxygen atoms in total. The molecule has 0 bridgehead atoms. The Kier molecular flexibility index (Phi) is 3.44. The van der Waals surface area contributed by atoms with Gasteiger partial charge in [0.15, 0.2) is 0 Å². The molecular formula is C17H13FO3. The molecule has 0 saturated carbocycles. The summed E-state index contributed by atoms with van der Waals surface area (Å²) in [6, 6.07) is 13.0. The van der Waals surface area contributed by atoms with Gasteiger partial charge in [-0.05, 0) is 48.4 Å². The van der Waals surface area contributed by atoms with Crippen molar-refractivity contribution in [3.63, 3.8) is 0 Å². The lowest BCUT2D eigenvalue weighted by Crippen LogP contribution is -1.94. The van der Waals surface area contributed by atoms with Gasteiger partial charge in [-0.3, -0.25) is 0 Å². The van der Waals surface area contributed by atoms with Gasteiger partial charge in [0, 0.05) is 11.8 Å². The Balaban J connectivity index is 1.78. The van der Waals surface area contributed by atoms with Crippen molar-refractivity contribution < 1.29 is 18.7 Å². The fourth-order valence-electron chi connectivity index (χ4n) is 2.27. The summed E-state index contributed by atoms with van der Waals surface area (Å²) in [7, 11) is 0. The number of benzene rings is 2. The zero-order valence-corrected chi connectivity index (χ0v) is 11.2. The molecule has 21 heavy (non-hydrogen) atoms. The standard InChI is InChI=1S/C17H13FO3/c18-14-5-1-11(2-6-14)3-7-15-10-13-9-12(17(19)20)4-8-16(13)21-15/h1-2,4-6,8-10H,3,7H2,(H,19,20). The molecule has 2 aromatic carbocycles. The molecule has 4 heteroatoms. The van der Waals surface area contributed by atoms with Gasteiger partial charge in [-0.25, -0.2) is 9.18 Å². The summed E-state index contributed by atoms with van der Waals surface area (Å²) in [6.45, 7) is 0. The van der Waals surface area contributed by atoms with Crippen molar-refractivity contribution in [1.29, 1.82) is 0 Å². The lowest BCUT2D eigenvalue weighted by molar-refractivity contribution is 0.0697. The highest BCUT2D eigenvalue weighted by Crippen LogP contribution is 2.22. The zero-order chi connectivity index (χ0) is 14.8. The van der Waals surface area contributed by atoms with Crippen LogP contribution < -0.4 is 0 Å². The number of aryl methyl sites for hydroxylation is 2. The van der Waals surface area contributed by atoms with Crippen molar-refractivity contribution in [2.24, 2.45) is 0 Å². The molecule has 0 atom stereocenters. The molecule has 0 unspecified atom stereocenters. The van der Waals surface area contributed by atoms with E-state index in [0.717, 1.165) is 23.1 Å². The van der Waals surface area contributed by atoms with E-state index in [1.54, 1.807) is 24.3 Å². The van der Waals surface area contributed by atoms with E-state index in [1.807, 2.05) is 6.07 Å². The number of carboxylic acids is 1. The van der Waals surface area contributed by atoms with Crippen LogP contribution in [-0.4, -0.2) is 11.1 Å². The van der Waals surface area contributed by atoms with E-state index in [9.17, 15) is 9.18 Å². The first-order valence-electron chi connectivity index (χ1n) is 6.62. The third-order valence-corrected chi connectivity index (χ3v) is 3.39. The first-order valence-corrected chi connectivity index (χ1v) is 6.62. The van der Waals surface area contributed by atoms with Gasteiger partial charge in [0.05, 0.1) is 5.56 Å². The van der Waals surface area contributed by atoms with Crippen LogP contribution in [0.1, 0.15) is 21.7 Å². The Bertz CT molecular complexity index is 787. The minimum absolute atomic E-state index is 0.244. The highest BCUT2D eigenvalue weighted by atomic mass is 19.1. The van der Waals surface area contributed by atoms with Gasteiger partial charge in [-0.15, -0.1) is 0 Å². The molecule has 1 aromatic heterocycles. The van der Waals surface area contributed by atoms with Gasteiger partial charge in [0.25, 0.3) is 0 Å². The quantitative estimate of drug-likeness (QED) is 0.786. The van der Waals surface area contributed by atoms with Crippen LogP contribution in [0, 0.1) is 5.82 Å². The predicted octanol–water partition coefficient (Wildman–Crippen LogP) is 4.06. The van der Waals surface area contributed by atoms with E-state index in [1.165, 1.54) is 18.2 Å². The summed E-state index contributed by atoms with van der Waals surface area (Å²) in [5.41, 5.74) is 1.95. The van der Waals surface area contributed by atoms with Crippen molar-refractivity contribution in [3.05, 3.63) is 71.2 Å². The van der Waals surface area contributed by atoms with Gasteiger partial charge >= 0.3 is 5.97 Å². The molecule has 1 N–H and O–H groups in total. The van der Waals surface area contributed by atoms with Crippen molar-refractivity contribution in [1.82, 2.24) is 0 Å². The van der Waals surface area contributed by atoms with Crippen LogP contribution in [0.4, 0.5) is 4.39 Å². The molecule has 0 fully saturated rings. The SMILES string of the molecule is O=C(O)c1ccc2oc(CCc3ccc(F)cc3)cc2c1. The zero-order valence-electron chi connectivity index (χ0n) is 11.2. The number of carbonyl (C=O) groups is 1. The number of fused-ring (bicyclic) bond motifs is 1. The maximum atomic E-state index is 12.8. The lowest BCUT2D eigenvalue weighted by atomic mass is 10.1. The lowest BCUT2D eigenvalue weighted by Gasteiger charge is -1.98. The topological polar surface area (TPSA) is 50.4 Å². The summed E-state index contributed by atoms with van der Waals surface area (Å²) in [5, 5.41) is 9.75. The molecular weight excluding hydrogens is 271 g/mol. The Morgan fingerprint density at radius 2 is 1.81 bits per heavy atom. The summed E-state index contributed by atoms with van der Waals surface area (Å²) in [4.78, 5) is 10.9. The van der Waals surface area contributed by atoms with E-state index in [0.29, 0.717) is 12.0 Å². The average molecular weight is 284 g/mol. The molecule has 3 aromatic rings. The summed E-state index contributed by atoms with van der Waals surface area (Å²) < 4.78 is 18.5. The predicted molar refractivity (Wildman–Crippen MR) is 77.0 cm³/mol. The Morgan fingerprint density at radius 3 is 2.52 bits per heavy atom. The average Bonchev–Trinajstić information content (AvgIpc) is 2.88. The fourth-order valence-corrected chi connectivity index (χ4v) is 2.27. The highest BCUT2D eigenvalue weighted by Gasteiger charge is 2.08. The van der Waals surface area contributed by atoms with Crippen LogP contribution >= 0.6 is 0 Å². The number of aromatic carboxylic acids is 1. The summed E-state index contributed by atoms with van der Waals surface area (Å²) in [6.07, 6.45) is 1.43. The van der Waals surface area contributed by atoms with Crippen molar-refractivity contribution in [2.45, 2.75) is 12.8 Å². The Morgan fingerprint density at radius 1 is 1.05 bits per heavy atom. The van der Waals surface area contributed by atoms with E-state index in [4.69, 9.17) is 9.52 Å². The van der Waals surface area contributed by atoms with Gasteiger partial charge in [0.1, 0.15) is 17.2 Å². The molecule has 3 rings (SSSR count). The van der Waals surface area contributed by atoms with E-state index < -0.39 is 5.97 Å². The second-order valence-electron chi connectivity index (χ2n) is 4.90. The third-order valence-electron chi connectivity index (χ3n) is 3.39. The number of carboxylic acid groups (broad SMARTS) is 1. The molecule has 0 aliphatic rings. The van der Waals surface area contributed by atoms with Gasteiger partial charge in [0.2, 0.25) is 0 Å². The maximum Gasteiger partial charge on any atom is 0.335 e. The number of rotatable bonds is 4. The Hall–Kier alpha value is -2.62. The molecule has 0 radical (unpaired) electrons. The van der Waals surface area contributed by atoms with Crippen molar-refractivity contribution >= 4 is 16.9 Å². The molecule has 0 saturated heterocycles. The van der Waals surface area contributed by atoms with Crippen LogP contribution in [-0.2, 0) is 12.8 Å². The van der Waals surface area contributed by atoms with E-state index >= 15 is 0 Å². The van der Waals surface area contributed by atoms with E-state index in [-0.39, 0.29) is 11.4 Å². The second kappa shape index (κ2) is 5.40. The molecule has 0 aliphatic carbocycles. The first-order chi connectivity index (χ1) is 10.1. The van der Waals surface area contributed by atoms with Crippen LogP contribution in [0.3, 0.4) is 0 Å². The normalized spacial score (nSPS) is 10.9. The van der Waals surface area contributed by atoms with Gasteiger partial charge in [-0.2, -0.15) is 0 Å². The third kappa shape index (κ3) is 2.94. The molecule has 0 amide bonds. The van der Waals surface area contributed by atoms with Crippen LogP contribution in [0.15, 0.2) is 52.9 Å².